The fraction of sp³-hybridized carbons (Fsp3) is 0.500. The maximum Gasteiger partial charge on any atom is 0.289 e. The van der Waals surface area contributed by atoms with Gasteiger partial charge in [-0.1, -0.05) is 11.6 Å². The van der Waals surface area contributed by atoms with E-state index < -0.39 is 20.6 Å². The number of hydrogen-bond acceptors (Lipinski definition) is 5. The van der Waals surface area contributed by atoms with Gasteiger partial charge in [0, 0.05) is 12.6 Å². The van der Waals surface area contributed by atoms with Gasteiger partial charge in [-0.05, 0) is 37.3 Å². The summed E-state index contributed by atoms with van der Waals surface area (Å²) in [6.45, 7) is 1.73. The molecule has 116 valence electrons. The third-order valence-corrected chi connectivity index (χ3v) is 5.37. The maximum atomic E-state index is 12.2. The Morgan fingerprint density at radius 3 is 2.62 bits per heavy atom. The predicted octanol–water partition coefficient (Wildman–Crippen LogP) is 1.61. The van der Waals surface area contributed by atoms with Gasteiger partial charge in [-0.25, -0.2) is 13.1 Å². The topological polar surface area (TPSA) is 110 Å². The summed E-state index contributed by atoms with van der Waals surface area (Å²) in [5.41, 5.74) is -0.103. The summed E-state index contributed by atoms with van der Waals surface area (Å²) < 4.78 is 26.9. The molecule has 2 rings (SSSR count). The molecule has 0 bridgehead atoms. The van der Waals surface area contributed by atoms with Crippen LogP contribution in [0.4, 0.5) is 5.69 Å². The summed E-state index contributed by atoms with van der Waals surface area (Å²) in [4.78, 5) is 9.97. The molecule has 1 aromatic rings. The summed E-state index contributed by atoms with van der Waals surface area (Å²) in [5.74, 6) is 0.0948. The van der Waals surface area contributed by atoms with Crippen LogP contribution in [0.5, 0.6) is 0 Å². The van der Waals surface area contributed by atoms with E-state index in [4.69, 9.17) is 11.6 Å². The van der Waals surface area contributed by atoms with Crippen molar-refractivity contribution in [2.24, 2.45) is 5.92 Å². The molecule has 1 saturated carbocycles. The molecule has 1 fully saturated rings. The van der Waals surface area contributed by atoms with Crippen molar-refractivity contribution in [1.82, 2.24) is 4.72 Å². The first-order valence-corrected chi connectivity index (χ1v) is 8.19. The smallest absolute Gasteiger partial charge is 0.289 e. The molecule has 0 spiro atoms. The molecule has 0 heterocycles. The largest absolute Gasteiger partial charge is 0.393 e. The van der Waals surface area contributed by atoms with Crippen LogP contribution in [0.1, 0.15) is 18.4 Å². The van der Waals surface area contributed by atoms with Gasteiger partial charge in [0.15, 0.2) is 0 Å². The molecule has 0 saturated heterocycles. The monoisotopic (exact) mass is 334 g/mol. The highest BCUT2D eigenvalue weighted by molar-refractivity contribution is 7.89. The quantitative estimate of drug-likeness (QED) is 0.628. The van der Waals surface area contributed by atoms with E-state index in [0.29, 0.717) is 18.4 Å². The van der Waals surface area contributed by atoms with Crippen LogP contribution < -0.4 is 4.72 Å². The number of nitro groups is 1. The van der Waals surface area contributed by atoms with Crippen molar-refractivity contribution in [2.45, 2.75) is 30.8 Å². The van der Waals surface area contributed by atoms with E-state index in [1.807, 2.05) is 0 Å². The molecule has 0 amide bonds. The van der Waals surface area contributed by atoms with E-state index >= 15 is 0 Å². The second kappa shape index (κ2) is 5.88. The first-order chi connectivity index (χ1) is 9.70. The minimum Gasteiger partial charge on any atom is -0.393 e. The van der Waals surface area contributed by atoms with Crippen molar-refractivity contribution < 1.29 is 18.4 Å². The summed E-state index contributed by atoms with van der Waals surface area (Å²) in [6, 6.07) is 2.23. The van der Waals surface area contributed by atoms with Crippen LogP contribution in [-0.4, -0.2) is 31.1 Å². The summed E-state index contributed by atoms with van der Waals surface area (Å²) in [7, 11) is -3.85. The molecule has 1 aliphatic rings. The summed E-state index contributed by atoms with van der Waals surface area (Å²) in [5, 5.41) is 19.9. The Morgan fingerprint density at radius 1 is 1.48 bits per heavy atom. The van der Waals surface area contributed by atoms with E-state index in [2.05, 4.69) is 4.72 Å². The Morgan fingerprint density at radius 2 is 2.10 bits per heavy atom. The van der Waals surface area contributed by atoms with E-state index in [9.17, 15) is 23.6 Å². The van der Waals surface area contributed by atoms with Crippen LogP contribution in [0.15, 0.2) is 17.0 Å². The molecular formula is C12H15ClN2O5S. The molecule has 1 aliphatic carbocycles. The average molecular weight is 335 g/mol. The molecule has 0 aliphatic heterocycles. The number of aliphatic hydroxyl groups is 1. The Labute approximate surface area is 127 Å². The van der Waals surface area contributed by atoms with Crippen molar-refractivity contribution in [3.05, 3.63) is 32.8 Å². The van der Waals surface area contributed by atoms with Crippen LogP contribution in [0.2, 0.25) is 5.02 Å². The molecule has 21 heavy (non-hydrogen) atoms. The first kappa shape index (κ1) is 16.2. The fourth-order valence-electron chi connectivity index (χ4n) is 2.24. The SMILES string of the molecule is Cc1cc(Cl)c([N+](=O)[O-])cc1S(=O)(=O)NCC1CC(O)C1. The highest BCUT2D eigenvalue weighted by Crippen LogP contribution is 2.31. The van der Waals surface area contributed by atoms with Gasteiger partial charge < -0.3 is 5.11 Å². The number of hydrogen-bond donors (Lipinski definition) is 2. The van der Waals surface area contributed by atoms with E-state index in [1.165, 1.54) is 13.0 Å². The lowest BCUT2D eigenvalue weighted by Crippen LogP contribution is -2.38. The first-order valence-electron chi connectivity index (χ1n) is 6.33. The number of aliphatic hydroxyl groups excluding tert-OH is 1. The standard InChI is InChI=1S/C12H15ClN2O5S/c1-7-2-10(13)11(15(17)18)5-12(7)21(19,20)14-6-8-3-9(16)4-8/h2,5,8-9,14,16H,3-4,6H2,1H3. The molecule has 9 heteroatoms. The minimum atomic E-state index is -3.85. The van der Waals surface area contributed by atoms with E-state index in [1.54, 1.807) is 0 Å². The normalized spacial score (nSPS) is 21.9. The molecule has 0 aromatic heterocycles. The number of benzene rings is 1. The second-order valence-electron chi connectivity index (χ2n) is 5.17. The fourth-order valence-corrected chi connectivity index (χ4v) is 3.89. The summed E-state index contributed by atoms with van der Waals surface area (Å²) >= 11 is 5.74. The van der Waals surface area contributed by atoms with Gasteiger partial charge in [0.05, 0.1) is 15.9 Å². The number of nitrogens with one attached hydrogen (secondary N) is 1. The second-order valence-corrected chi connectivity index (χ2v) is 7.31. The lowest BCUT2D eigenvalue weighted by atomic mass is 9.83. The molecular weight excluding hydrogens is 320 g/mol. The van der Waals surface area contributed by atoms with Gasteiger partial charge in [-0.3, -0.25) is 10.1 Å². The highest BCUT2D eigenvalue weighted by Gasteiger charge is 2.29. The van der Waals surface area contributed by atoms with Crippen LogP contribution in [-0.2, 0) is 10.0 Å². The number of halogens is 1. The zero-order chi connectivity index (χ0) is 15.8. The van der Waals surface area contributed by atoms with Crippen LogP contribution in [0.3, 0.4) is 0 Å². The molecule has 1 aromatic carbocycles. The van der Waals surface area contributed by atoms with Crippen LogP contribution >= 0.6 is 11.6 Å². The van der Waals surface area contributed by atoms with Gasteiger partial charge in [0.25, 0.3) is 5.69 Å². The van der Waals surface area contributed by atoms with Crippen molar-refractivity contribution in [2.75, 3.05) is 6.54 Å². The Hall–Kier alpha value is -1.22. The van der Waals surface area contributed by atoms with Crippen molar-refractivity contribution in [3.63, 3.8) is 0 Å². The van der Waals surface area contributed by atoms with Gasteiger partial charge in [0.2, 0.25) is 10.0 Å². The average Bonchev–Trinajstić information content (AvgIpc) is 2.32. The molecule has 0 unspecified atom stereocenters. The number of aryl methyl sites for hydroxylation is 1. The van der Waals surface area contributed by atoms with Gasteiger partial charge in [0.1, 0.15) is 5.02 Å². The Kier molecular flexibility index (Phi) is 4.52. The van der Waals surface area contributed by atoms with Crippen LogP contribution in [0.25, 0.3) is 0 Å². The predicted molar refractivity (Wildman–Crippen MR) is 76.8 cm³/mol. The van der Waals surface area contributed by atoms with Crippen LogP contribution in [0, 0.1) is 23.0 Å². The number of rotatable bonds is 5. The number of nitrogens with zero attached hydrogens (tertiary/aromatic N) is 1. The molecule has 7 nitrogen and oxygen atoms in total. The zero-order valence-corrected chi connectivity index (χ0v) is 12.8. The minimum absolute atomic E-state index is 0.0948. The highest BCUT2D eigenvalue weighted by atomic mass is 35.5. The third kappa shape index (κ3) is 3.52. The van der Waals surface area contributed by atoms with Crippen molar-refractivity contribution in [1.29, 1.82) is 0 Å². The number of sulfonamides is 1. The Balaban J connectivity index is 2.22. The zero-order valence-electron chi connectivity index (χ0n) is 11.2. The van der Waals surface area contributed by atoms with Gasteiger partial charge >= 0.3 is 0 Å². The lowest BCUT2D eigenvalue weighted by molar-refractivity contribution is -0.384. The molecule has 2 N–H and O–H groups in total. The molecule has 0 atom stereocenters. The number of nitro benzene ring substituents is 1. The van der Waals surface area contributed by atoms with Crippen molar-refractivity contribution >= 4 is 27.3 Å². The molecule has 0 radical (unpaired) electrons. The maximum absolute atomic E-state index is 12.2. The van der Waals surface area contributed by atoms with Gasteiger partial charge in [-0.2, -0.15) is 0 Å². The third-order valence-electron chi connectivity index (χ3n) is 3.50. The lowest BCUT2D eigenvalue weighted by Gasteiger charge is -2.31. The van der Waals surface area contributed by atoms with E-state index in [-0.39, 0.29) is 28.5 Å². The van der Waals surface area contributed by atoms with Crippen molar-refractivity contribution in [3.8, 4) is 0 Å². The van der Waals surface area contributed by atoms with E-state index in [0.717, 1.165) is 6.07 Å². The van der Waals surface area contributed by atoms with Gasteiger partial charge in [-0.15, -0.1) is 0 Å². The summed E-state index contributed by atoms with van der Waals surface area (Å²) in [6.07, 6.45) is 0.753. The Bertz CT molecular complexity index is 670.